The Balaban J connectivity index is 1.66. The van der Waals surface area contributed by atoms with Gasteiger partial charge in [-0.15, -0.1) is 0 Å². The molecule has 0 saturated heterocycles. The van der Waals surface area contributed by atoms with E-state index in [1.54, 1.807) is 31.2 Å². The van der Waals surface area contributed by atoms with Crippen molar-refractivity contribution in [3.63, 3.8) is 0 Å². The highest BCUT2D eigenvalue weighted by Gasteiger charge is 2.33. The number of rotatable bonds is 6. The fourth-order valence-corrected chi connectivity index (χ4v) is 3.70. The van der Waals surface area contributed by atoms with Gasteiger partial charge in [-0.1, -0.05) is 31.2 Å². The molecule has 0 bridgehead atoms. The molecule has 0 amide bonds. The first-order chi connectivity index (χ1) is 15.3. The lowest BCUT2D eigenvalue weighted by Gasteiger charge is -2.16. The van der Waals surface area contributed by atoms with Gasteiger partial charge in [0.2, 0.25) is 5.56 Å². The van der Waals surface area contributed by atoms with Gasteiger partial charge in [0.1, 0.15) is 12.1 Å². The zero-order chi connectivity index (χ0) is 22.9. The minimum absolute atomic E-state index is 0.0458. The summed E-state index contributed by atoms with van der Waals surface area (Å²) in [6.07, 6.45) is -2.05. The molecule has 1 aliphatic heterocycles. The van der Waals surface area contributed by atoms with Crippen molar-refractivity contribution in [1.29, 1.82) is 0 Å². The number of pyridine rings is 1. The summed E-state index contributed by atoms with van der Waals surface area (Å²) in [6.45, 7) is 2.03. The number of aromatic nitrogens is 1. The molecule has 8 heteroatoms. The van der Waals surface area contributed by atoms with Gasteiger partial charge in [-0.25, -0.2) is 0 Å². The molecule has 3 aromatic rings. The molecule has 2 aromatic carbocycles. The van der Waals surface area contributed by atoms with Crippen LogP contribution in [0.5, 0.6) is 11.5 Å². The summed E-state index contributed by atoms with van der Waals surface area (Å²) >= 11 is 0. The molecular weight excluding hydrogens is 421 g/mol. The first kappa shape index (κ1) is 21.7. The Bertz CT molecular complexity index is 1340. The third kappa shape index (κ3) is 4.26. The van der Waals surface area contributed by atoms with Gasteiger partial charge in [0, 0.05) is 16.8 Å². The molecule has 1 aromatic heterocycles. The highest BCUT2D eigenvalue weighted by molar-refractivity contribution is 5.68. The lowest BCUT2D eigenvalue weighted by molar-refractivity contribution is -0.138. The molecule has 166 valence electrons. The maximum Gasteiger partial charge on any atom is 0.416 e. The Kier molecular flexibility index (Phi) is 5.78. The monoisotopic (exact) mass is 442 g/mol. The number of ether oxygens (including phenoxy) is 2. The van der Waals surface area contributed by atoms with Gasteiger partial charge >= 0.3 is 6.18 Å². The number of hydrogen-bond acceptors (Lipinski definition) is 4. The van der Waals surface area contributed by atoms with Crippen molar-refractivity contribution in [2.24, 2.45) is 4.99 Å². The normalized spacial score (nSPS) is 12.7. The Hall–Kier alpha value is -3.55. The highest BCUT2D eigenvalue weighted by atomic mass is 19.4. The summed E-state index contributed by atoms with van der Waals surface area (Å²) < 4.78 is 51.6. The summed E-state index contributed by atoms with van der Waals surface area (Å²) in [5, 5.41) is 0.825. The minimum atomic E-state index is -4.47. The second kappa shape index (κ2) is 8.53. The molecule has 0 saturated carbocycles. The van der Waals surface area contributed by atoms with E-state index in [9.17, 15) is 18.0 Å². The standard InChI is InChI=1S/C24H21F3N2O3/c1-3-14-4-5-16(19(10-14)24(25,26)27)13-32-20-7-6-15(11-21(20)31-2)18-12-22(30)29-23-17(18)8-9-28-23/h4-8,10-12H,3,9,13H2,1-2H3,(H,28,29,30). The summed E-state index contributed by atoms with van der Waals surface area (Å²) in [6, 6.07) is 10.8. The second-order valence-corrected chi connectivity index (χ2v) is 7.35. The number of methoxy groups -OCH3 is 1. The molecule has 1 aliphatic rings. The van der Waals surface area contributed by atoms with Crippen LogP contribution < -0.4 is 25.7 Å². The predicted octanol–water partition coefficient (Wildman–Crippen LogP) is 3.62. The van der Waals surface area contributed by atoms with Crippen molar-refractivity contribution in [3.05, 3.63) is 80.2 Å². The molecule has 0 spiro atoms. The maximum atomic E-state index is 13.5. The van der Waals surface area contributed by atoms with E-state index < -0.39 is 11.7 Å². The van der Waals surface area contributed by atoms with E-state index in [2.05, 4.69) is 9.98 Å². The number of H-pyrrole nitrogens is 1. The zero-order valence-corrected chi connectivity index (χ0v) is 17.5. The number of halogens is 3. The van der Waals surface area contributed by atoms with Crippen LogP contribution >= 0.6 is 0 Å². The first-order valence-corrected chi connectivity index (χ1v) is 10.1. The van der Waals surface area contributed by atoms with E-state index >= 15 is 0 Å². The Morgan fingerprint density at radius 1 is 1.09 bits per heavy atom. The Morgan fingerprint density at radius 3 is 2.62 bits per heavy atom. The van der Waals surface area contributed by atoms with E-state index in [0.717, 1.165) is 11.3 Å². The topological polar surface area (TPSA) is 63.7 Å². The summed E-state index contributed by atoms with van der Waals surface area (Å²) in [7, 11) is 1.45. The molecular formula is C24H21F3N2O3. The van der Waals surface area contributed by atoms with Gasteiger partial charge in [0.25, 0.3) is 0 Å². The highest BCUT2D eigenvalue weighted by Crippen LogP contribution is 2.35. The van der Waals surface area contributed by atoms with Gasteiger partial charge in [0.15, 0.2) is 11.5 Å². The fraction of sp³-hybridized carbons (Fsp3) is 0.250. The maximum absolute atomic E-state index is 13.5. The van der Waals surface area contributed by atoms with Crippen molar-refractivity contribution in [2.75, 3.05) is 13.7 Å². The van der Waals surface area contributed by atoms with Gasteiger partial charge in [-0.3, -0.25) is 9.79 Å². The van der Waals surface area contributed by atoms with Gasteiger partial charge in [-0.05, 0) is 41.3 Å². The van der Waals surface area contributed by atoms with Crippen molar-refractivity contribution in [2.45, 2.75) is 26.1 Å². The van der Waals surface area contributed by atoms with E-state index in [0.29, 0.717) is 46.6 Å². The van der Waals surface area contributed by atoms with Crippen molar-refractivity contribution in [1.82, 2.24) is 4.98 Å². The summed E-state index contributed by atoms with van der Waals surface area (Å²) in [5.41, 5.74) is 1.62. The fourth-order valence-electron chi connectivity index (χ4n) is 3.70. The molecule has 0 fully saturated rings. The van der Waals surface area contributed by atoms with E-state index in [1.807, 2.05) is 6.08 Å². The van der Waals surface area contributed by atoms with Crippen LogP contribution in [0, 0.1) is 0 Å². The molecule has 0 unspecified atom stereocenters. The molecule has 2 heterocycles. The molecule has 4 rings (SSSR count). The zero-order valence-electron chi connectivity index (χ0n) is 17.5. The number of benzene rings is 2. The van der Waals surface area contributed by atoms with E-state index in [-0.39, 0.29) is 17.7 Å². The first-order valence-electron chi connectivity index (χ1n) is 10.1. The molecule has 32 heavy (non-hydrogen) atoms. The second-order valence-electron chi connectivity index (χ2n) is 7.35. The van der Waals surface area contributed by atoms with Gasteiger partial charge in [-0.2, -0.15) is 13.2 Å². The molecule has 0 atom stereocenters. The van der Waals surface area contributed by atoms with Crippen LogP contribution in [0.15, 0.2) is 52.3 Å². The number of fused-ring (bicyclic) bond motifs is 1. The predicted molar refractivity (Wildman–Crippen MR) is 114 cm³/mol. The van der Waals surface area contributed by atoms with Crippen LogP contribution in [0.3, 0.4) is 0 Å². The van der Waals surface area contributed by atoms with Crippen molar-refractivity contribution >= 4 is 6.08 Å². The van der Waals surface area contributed by atoms with Crippen molar-refractivity contribution < 1.29 is 22.6 Å². The quantitative estimate of drug-likeness (QED) is 0.634. The number of aryl methyl sites for hydroxylation is 1. The number of hydrogen-bond donors (Lipinski definition) is 1. The van der Waals surface area contributed by atoms with Gasteiger partial charge < -0.3 is 14.5 Å². The van der Waals surface area contributed by atoms with Crippen LogP contribution in [0.4, 0.5) is 13.2 Å². The van der Waals surface area contributed by atoms with Crippen molar-refractivity contribution in [3.8, 4) is 22.6 Å². The number of alkyl halides is 3. The van der Waals surface area contributed by atoms with Crippen LogP contribution in [0.25, 0.3) is 17.2 Å². The van der Waals surface area contributed by atoms with Crippen LogP contribution in [-0.2, 0) is 19.2 Å². The van der Waals surface area contributed by atoms with Crippen LogP contribution in [0.2, 0.25) is 0 Å². The third-order valence-electron chi connectivity index (χ3n) is 5.35. The number of nitrogens with zero attached hydrogens (tertiary/aromatic N) is 1. The summed E-state index contributed by atoms with van der Waals surface area (Å²) in [5.74, 6) is 0.657. The largest absolute Gasteiger partial charge is 0.493 e. The average Bonchev–Trinajstić information content (AvgIpc) is 3.24. The van der Waals surface area contributed by atoms with Crippen LogP contribution in [0.1, 0.15) is 23.6 Å². The van der Waals surface area contributed by atoms with E-state index in [4.69, 9.17) is 9.47 Å². The molecule has 0 aliphatic carbocycles. The third-order valence-corrected chi connectivity index (χ3v) is 5.35. The smallest absolute Gasteiger partial charge is 0.416 e. The number of nitrogens with one attached hydrogen (secondary N) is 1. The lowest BCUT2D eigenvalue weighted by Crippen LogP contribution is -2.33. The molecule has 1 N–H and O–H groups in total. The minimum Gasteiger partial charge on any atom is -0.493 e. The number of aromatic amines is 1. The molecule has 5 nitrogen and oxygen atoms in total. The van der Waals surface area contributed by atoms with E-state index in [1.165, 1.54) is 19.2 Å². The summed E-state index contributed by atoms with van der Waals surface area (Å²) in [4.78, 5) is 18.9. The molecule has 0 radical (unpaired) electrons. The average molecular weight is 442 g/mol. The SMILES string of the molecule is CCc1ccc(COc2ccc(-c3cc(=O)[nH]c4c3=CCN=4)cc2OC)c(C(F)(F)F)c1. The van der Waals surface area contributed by atoms with Gasteiger partial charge in [0.05, 0.1) is 19.2 Å². The Morgan fingerprint density at radius 2 is 1.91 bits per heavy atom. The van der Waals surface area contributed by atoms with Crippen LogP contribution in [-0.4, -0.2) is 18.6 Å². The lowest BCUT2D eigenvalue weighted by atomic mass is 10.0. The Labute approximate surface area is 181 Å².